The summed E-state index contributed by atoms with van der Waals surface area (Å²) in [7, 11) is 0. The maximum absolute atomic E-state index is 12.6. The first-order valence-electron chi connectivity index (χ1n) is 19.3. The maximum atomic E-state index is 12.6. The third-order valence-corrected chi connectivity index (χ3v) is 8.56. The van der Waals surface area contributed by atoms with Gasteiger partial charge in [0.25, 0.3) is 0 Å². The Balaban J connectivity index is 4.07. The van der Waals surface area contributed by atoms with Crippen LogP contribution in [-0.4, -0.2) is 35.9 Å². The minimum Gasteiger partial charge on any atom is -0.464 e. The Morgan fingerprint density at radius 2 is 0.955 bits per heavy atom. The molecule has 0 aliphatic rings. The van der Waals surface area contributed by atoms with Crippen LogP contribution in [0.5, 0.6) is 0 Å². The molecule has 0 amide bonds. The lowest BCUT2D eigenvalue weighted by molar-refractivity contribution is -0.170. The van der Waals surface area contributed by atoms with Crippen molar-refractivity contribution in [3.63, 3.8) is 0 Å². The number of esters is 2. The molecule has 0 radical (unpaired) electrons. The smallest absolute Gasteiger partial charge is 0.338 e. The van der Waals surface area contributed by atoms with Crippen LogP contribution in [0, 0.1) is 0 Å². The highest BCUT2D eigenvalue weighted by molar-refractivity contribution is 5.76. The number of aliphatic hydroxyl groups is 1. The molecular weight excluding hydrogens is 548 g/mol. The summed E-state index contributed by atoms with van der Waals surface area (Å²) in [6.45, 7) is 6.70. The molecule has 44 heavy (non-hydrogen) atoms. The van der Waals surface area contributed by atoms with E-state index in [0.717, 1.165) is 51.4 Å². The Labute approximate surface area is 273 Å². The number of carbonyl (C=O) groups excluding carboxylic acids is 2. The number of aliphatic hydroxyl groups excluding tert-OH is 1. The normalized spacial score (nSPS) is 12.9. The van der Waals surface area contributed by atoms with Crippen LogP contribution in [-0.2, 0) is 19.1 Å². The second kappa shape index (κ2) is 34.5. The van der Waals surface area contributed by atoms with Crippen LogP contribution in [0.25, 0.3) is 0 Å². The molecule has 2 atom stereocenters. The lowest BCUT2D eigenvalue weighted by Crippen LogP contribution is -2.38. The predicted octanol–water partition coefficient (Wildman–Crippen LogP) is 11.7. The zero-order valence-corrected chi connectivity index (χ0v) is 29.6. The van der Waals surface area contributed by atoms with Crippen LogP contribution in [0.15, 0.2) is 12.2 Å². The van der Waals surface area contributed by atoms with Crippen LogP contribution < -0.4 is 0 Å². The summed E-state index contributed by atoms with van der Waals surface area (Å²) in [6.07, 6.45) is 36.1. The molecule has 260 valence electrons. The van der Waals surface area contributed by atoms with Gasteiger partial charge < -0.3 is 14.6 Å². The van der Waals surface area contributed by atoms with E-state index < -0.39 is 18.2 Å². The first-order chi connectivity index (χ1) is 21.6. The SMILES string of the molecule is CCCCCCCCC=CCCCCCC(OC(=O)CCCCCCCCCCCCCCCCC)C(O)C(=O)OCCC. The third kappa shape index (κ3) is 29.4. The van der Waals surface area contributed by atoms with E-state index >= 15 is 0 Å². The summed E-state index contributed by atoms with van der Waals surface area (Å²) in [4.78, 5) is 24.9. The summed E-state index contributed by atoms with van der Waals surface area (Å²) in [6, 6.07) is 0. The summed E-state index contributed by atoms with van der Waals surface area (Å²) in [5, 5.41) is 10.6. The fraction of sp³-hybridized carbons (Fsp3) is 0.897. The van der Waals surface area contributed by atoms with Crippen LogP contribution in [0.1, 0.15) is 207 Å². The average Bonchev–Trinajstić information content (AvgIpc) is 3.02. The van der Waals surface area contributed by atoms with Crippen molar-refractivity contribution in [2.24, 2.45) is 0 Å². The molecule has 0 aliphatic heterocycles. The molecule has 0 aromatic heterocycles. The lowest BCUT2D eigenvalue weighted by atomic mass is 10.0. The summed E-state index contributed by atoms with van der Waals surface area (Å²) in [5.41, 5.74) is 0. The fourth-order valence-corrected chi connectivity index (χ4v) is 5.65. The monoisotopic (exact) mass is 623 g/mol. The summed E-state index contributed by atoms with van der Waals surface area (Å²) >= 11 is 0. The first-order valence-corrected chi connectivity index (χ1v) is 19.3. The van der Waals surface area contributed by atoms with E-state index in [-0.39, 0.29) is 12.6 Å². The second-order valence-electron chi connectivity index (χ2n) is 13.0. The van der Waals surface area contributed by atoms with Crippen molar-refractivity contribution in [3.05, 3.63) is 12.2 Å². The summed E-state index contributed by atoms with van der Waals surface area (Å²) < 4.78 is 10.8. The second-order valence-corrected chi connectivity index (χ2v) is 13.0. The lowest BCUT2D eigenvalue weighted by Gasteiger charge is -2.22. The van der Waals surface area contributed by atoms with Gasteiger partial charge in [-0.2, -0.15) is 0 Å². The molecular formula is C39H74O5. The molecule has 0 rings (SSSR count). The predicted molar refractivity (Wildman–Crippen MR) is 187 cm³/mol. The van der Waals surface area contributed by atoms with Crippen LogP contribution in [0.2, 0.25) is 0 Å². The largest absolute Gasteiger partial charge is 0.464 e. The van der Waals surface area contributed by atoms with Crippen LogP contribution >= 0.6 is 0 Å². The fourth-order valence-electron chi connectivity index (χ4n) is 5.65. The standard InChI is InChI=1S/C39H74O5/c1-4-7-9-11-13-15-17-19-20-22-24-26-28-30-32-34-37(40)44-36(38(41)39(42)43-35-6-3)33-31-29-27-25-23-21-18-16-14-12-10-8-5-2/h21,23,36,38,41H,4-20,22,24-35H2,1-3H3. The van der Waals surface area contributed by atoms with Crippen molar-refractivity contribution in [2.45, 2.75) is 219 Å². The molecule has 0 aromatic rings. The average molecular weight is 623 g/mol. The van der Waals surface area contributed by atoms with Gasteiger partial charge in [0.2, 0.25) is 0 Å². The molecule has 1 N–H and O–H groups in total. The number of hydrogen-bond donors (Lipinski definition) is 1. The van der Waals surface area contributed by atoms with Gasteiger partial charge in [-0.25, -0.2) is 4.79 Å². The molecule has 0 saturated heterocycles. The van der Waals surface area contributed by atoms with Crippen LogP contribution in [0.4, 0.5) is 0 Å². The van der Waals surface area contributed by atoms with E-state index in [0.29, 0.717) is 19.3 Å². The van der Waals surface area contributed by atoms with E-state index in [9.17, 15) is 14.7 Å². The highest BCUT2D eigenvalue weighted by Crippen LogP contribution is 2.17. The summed E-state index contributed by atoms with van der Waals surface area (Å²) in [5.74, 6) is -1.00. The molecule has 5 heteroatoms. The van der Waals surface area contributed by atoms with Gasteiger partial charge in [-0.1, -0.05) is 161 Å². The molecule has 0 aromatic carbocycles. The minimum absolute atomic E-state index is 0.265. The van der Waals surface area contributed by atoms with Crippen molar-refractivity contribution in [3.8, 4) is 0 Å². The van der Waals surface area contributed by atoms with E-state index in [4.69, 9.17) is 9.47 Å². The molecule has 0 heterocycles. The van der Waals surface area contributed by atoms with Crippen molar-refractivity contribution >= 4 is 11.9 Å². The highest BCUT2D eigenvalue weighted by atomic mass is 16.6. The molecule has 0 saturated carbocycles. The number of allylic oxidation sites excluding steroid dienone is 2. The van der Waals surface area contributed by atoms with Crippen molar-refractivity contribution in [2.75, 3.05) is 6.61 Å². The van der Waals surface area contributed by atoms with Crippen molar-refractivity contribution < 1.29 is 24.2 Å². The van der Waals surface area contributed by atoms with E-state index in [1.807, 2.05) is 6.92 Å². The number of carbonyl (C=O) groups is 2. The Morgan fingerprint density at radius 1 is 0.545 bits per heavy atom. The molecule has 5 nitrogen and oxygen atoms in total. The van der Waals surface area contributed by atoms with Gasteiger partial charge >= 0.3 is 11.9 Å². The molecule has 2 unspecified atom stereocenters. The van der Waals surface area contributed by atoms with Gasteiger partial charge in [0.05, 0.1) is 6.61 Å². The van der Waals surface area contributed by atoms with Gasteiger partial charge in [-0.15, -0.1) is 0 Å². The topological polar surface area (TPSA) is 72.8 Å². The Bertz CT molecular complexity index is 646. The quantitative estimate of drug-likeness (QED) is 0.0439. The molecule has 0 aliphatic carbocycles. The number of rotatable bonds is 34. The van der Waals surface area contributed by atoms with E-state index in [2.05, 4.69) is 26.0 Å². The molecule has 0 spiro atoms. The van der Waals surface area contributed by atoms with Crippen molar-refractivity contribution in [1.29, 1.82) is 0 Å². The van der Waals surface area contributed by atoms with Gasteiger partial charge in [-0.3, -0.25) is 4.79 Å². The third-order valence-electron chi connectivity index (χ3n) is 8.56. The molecule has 0 fully saturated rings. The van der Waals surface area contributed by atoms with Gasteiger partial charge in [0.1, 0.15) is 6.10 Å². The number of ether oxygens (including phenoxy) is 2. The number of unbranched alkanes of at least 4 members (excludes halogenated alkanes) is 23. The van der Waals surface area contributed by atoms with E-state index in [1.54, 1.807) is 0 Å². The zero-order chi connectivity index (χ0) is 32.4. The molecule has 0 bridgehead atoms. The zero-order valence-electron chi connectivity index (χ0n) is 29.6. The maximum Gasteiger partial charge on any atom is 0.338 e. The van der Waals surface area contributed by atoms with Gasteiger partial charge in [-0.05, 0) is 51.4 Å². The van der Waals surface area contributed by atoms with Gasteiger partial charge in [0, 0.05) is 6.42 Å². The van der Waals surface area contributed by atoms with E-state index in [1.165, 1.54) is 116 Å². The van der Waals surface area contributed by atoms with Gasteiger partial charge in [0.15, 0.2) is 6.10 Å². The van der Waals surface area contributed by atoms with Crippen LogP contribution in [0.3, 0.4) is 0 Å². The van der Waals surface area contributed by atoms with Crippen molar-refractivity contribution in [1.82, 2.24) is 0 Å². The highest BCUT2D eigenvalue weighted by Gasteiger charge is 2.30. The Kier molecular flexibility index (Phi) is 33.4. The Morgan fingerprint density at radius 3 is 1.41 bits per heavy atom. The minimum atomic E-state index is -1.41. The Hall–Kier alpha value is -1.36. The number of hydrogen-bond acceptors (Lipinski definition) is 5. The first kappa shape index (κ1) is 42.6.